The maximum absolute atomic E-state index is 12.5. The predicted octanol–water partition coefficient (Wildman–Crippen LogP) is 3.64. The van der Waals surface area contributed by atoms with Crippen LogP contribution in [0.1, 0.15) is 32.3 Å². The third-order valence-corrected chi connectivity index (χ3v) is 6.13. The molecule has 3 rings (SSSR count). The molecule has 9 heteroatoms. The number of rotatable bonds is 6. The fraction of sp³-hybridized carbons (Fsp3) is 0.667. The van der Waals surface area contributed by atoms with E-state index in [4.69, 9.17) is 9.47 Å². The average molecular weight is 408 g/mol. The van der Waals surface area contributed by atoms with Gasteiger partial charge in [-0.1, -0.05) is 44.2 Å². The Balaban J connectivity index is 1.70. The van der Waals surface area contributed by atoms with E-state index < -0.39 is 34.4 Å². The molecule has 1 aromatic carbocycles. The molecule has 152 valence electrons. The average Bonchev–Trinajstić information content (AvgIpc) is 3.02. The first-order valence-corrected chi connectivity index (χ1v) is 10.2. The lowest BCUT2D eigenvalue weighted by Crippen LogP contribution is -2.36. The van der Waals surface area contributed by atoms with E-state index in [0.717, 1.165) is 18.4 Å². The van der Waals surface area contributed by atoms with E-state index >= 15 is 0 Å². The minimum atomic E-state index is -5.66. The van der Waals surface area contributed by atoms with Crippen molar-refractivity contribution >= 4 is 10.1 Å². The second-order valence-electron chi connectivity index (χ2n) is 7.89. The van der Waals surface area contributed by atoms with E-state index in [-0.39, 0.29) is 24.0 Å². The molecule has 27 heavy (non-hydrogen) atoms. The number of benzene rings is 1. The maximum atomic E-state index is 12.5. The molecule has 1 aromatic rings. The van der Waals surface area contributed by atoms with Crippen molar-refractivity contribution in [3.8, 4) is 0 Å². The summed E-state index contributed by atoms with van der Waals surface area (Å²) in [5.74, 6) is -0.00842. The number of halogens is 3. The number of ether oxygens (including phenoxy) is 2. The molecule has 4 atom stereocenters. The van der Waals surface area contributed by atoms with Gasteiger partial charge in [0.15, 0.2) is 0 Å². The van der Waals surface area contributed by atoms with Gasteiger partial charge in [0.2, 0.25) is 0 Å². The van der Waals surface area contributed by atoms with Crippen molar-refractivity contribution < 1.29 is 35.2 Å². The van der Waals surface area contributed by atoms with Crippen molar-refractivity contribution in [2.24, 2.45) is 11.3 Å². The molecule has 2 aliphatic rings. The molecule has 0 N–H and O–H groups in total. The molecule has 0 spiro atoms. The van der Waals surface area contributed by atoms with Crippen molar-refractivity contribution in [2.45, 2.75) is 57.1 Å². The van der Waals surface area contributed by atoms with Crippen LogP contribution in [0.3, 0.4) is 0 Å². The molecule has 0 bridgehead atoms. The van der Waals surface area contributed by atoms with E-state index in [2.05, 4.69) is 18.0 Å². The zero-order chi connectivity index (χ0) is 19.9. The Morgan fingerprint density at radius 1 is 1.19 bits per heavy atom. The molecule has 1 saturated heterocycles. The molecule has 2 fully saturated rings. The van der Waals surface area contributed by atoms with Crippen LogP contribution in [-0.2, 0) is 30.4 Å². The Bertz CT molecular complexity index is 748. The van der Waals surface area contributed by atoms with Gasteiger partial charge in [-0.3, -0.25) is 4.18 Å². The standard InChI is InChI=1S/C18H23F3O5S/c1-17(2)8-13-14(9-17)26-15(11-25-27(22,23)18(19,20)21)16(13)24-10-12-6-4-3-5-7-12/h3-7,13-16H,8-11H2,1-2H3/t13-,14+,15+,16+/m0/s1. The molecule has 1 aliphatic heterocycles. The molecule has 1 heterocycles. The van der Waals surface area contributed by atoms with Crippen LogP contribution in [0.5, 0.6) is 0 Å². The van der Waals surface area contributed by atoms with Gasteiger partial charge in [0.1, 0.15) is 6.10 Å². The quantitative estimate of drug-likeness (QED) is 0.531. The number of hydrogen-bond acceptors (Lipinski definition) is 5. The van der Waals surface area contributed by atoms with Crippen LogP contribution >= 0.6 is 0 Å². The van der Waals surface area contributed by atoms with Gasteiger partial charge in [-0.2, -0.15) is 21.6 Å². The SMILES string of the molecule is CC1(C)C[C@@H]2[C@@H](OCc3ccccc3)[C@@H](COS(=O)(=O)C(F)(F)F)O[C@@H]2C1. The third-order valence-electron chi connectivity index (χ3n) is 5.11. The predicted molar refractivity (Wildman–Crippen MR) is 91.1 cm³/mol. The van der Waals surface area contributed by atoms with Crippen LogP contribution in [0.15, 0.2) is 30.3 Å². The summed E-state index contributed by atoms with van der Waals surface area (Å²) in [5.41, 5.74) is -4.50. The summed E-state index contributed by atoms with van der Waals surface area (Å²) in [6.07, 6.45) is -0.0364. The van der Waals surface area contributed by atoms with Crippen LogP contribution in [-0.4, -0.2) is 38.8 Å². The Labute approximate surface area is 156 Å². The summed E-state index contributed by atoms with van der Waals surface area (Å²) in [5, 5.41) is 0. The minimum absolute atomic E-state index is 0.00842. The Morgan fingerprint density at radius 3 is 2.48 bits per heavy atom. The molecule has 1 saturated carbocycles. The van der Waals surface area contributed by atoms with Gasteiger partial charge in [0.05, 0.1) is 25.4 Å². The van der Waals surface area contributed by atoms with Gasteiger partial charge in [-0.25, -0.2) is 0 Å². The van der Waals surface area contributed by atoms with Crippen LogP contribution in [0.2, 0.25) is 0 Å². The van der Waals surface area contributed by atoms with Crippen LogP contribution in [0, 0.1) is 11.3 Å². The highest BCUT2D eigenvalue weighted by atomic mass is 32.2. The summed E-state index contributed by atoms with van der Waals surface area (Å²) in [7, 11) is -5.66. The summed E-state index contributed by atoms with van der Waals surface area (Å²) in [6, 6.07) is 9.36. The number of fused-ring (bicyclic) bond motifs is 1. The van der Waals surface area contributed by atoms with Gasteiger partial charge in [0, 0.05) is 5.92 Å². The summed E-state index contributed by atoms with van der Waals surface area (Å²) >= 11 is 0. The molecule has 0 aromatic heterocycles. The summed E-state index contributed by atoms with van der Waals surface area (Å²) in [4.78, 5) is 0. The van der Waals surface area contributed by atoms with E-state index in [1.54, 1.807) is 0 Å². The monoisotopic (exact) mass is 408 g/mol. The zero-order valence-electron chi connectivity index (χ0n) is 15.1. The smallest absolute Gasteiger partial charge is 0.370 e. The summed E-state index contributed by atoms with van der Waals surface area (Å²) in [6.45, 7) is 3.75. The van der Waals surface area contributed by atoms with E-state index in [0.29, 0.717) is 0 Å². The van der Waals surface area contributed by atoms with Gasteiger partial charge in [-0.15, -0.1) is 0 Å². The fourth-order valence-electron chi connectivity index (χ4n) is 3.96. The van der Waals surface area contributed by atoms with Crippen molar-refractivity contribution in [1.82, 2.24) is 0 Å². The highest BCUT2D eigenvalue weighted by Gasteiger charge is 2.54. The van der Waals surface area contributed by atoms with E-state index in [1.807, 2.05) is 30.3 Å². The van der Waals surface area contributed by atoms with Gasteiger partial charge in [-0.05, 0) is 23.8 Å². The Morgan fingerprint density at radius 2 is 1.85 bits per heavy atom. The largest absolute Gasteiger partial charge is 0.523 e. The lowest BCUT2D eigenvalue weighted by atomic mass is 9.88. The van der Waals surface area contributed by atoms with Crippen molar-refractivity contribution in [3.05, 3.63) is 35.9 Å². The molecule has 0 amide bonds. The van der Waals surface area contributed by atoms with Gasteiger partial charge in [0.25, 0.3) is 0 Å². The zero-order valence-corrected chi connectivity index (χ0v) is 15.9. The molecule has 5 nitrogen and oxygen atoms in total. The van der Waals surface area contributed by atoms with E-state index in [9.17, 15) is 21.6 Å². The topological polar surface area (TPSA) is 61.8 Å². The summed E-state index contributed by atoms with van der Waals surface area (Å²) < 4.78 is 76.0. The van der Waals surface area contributed by atoms with Crippen molar-refractivity contribution in [3.63, 3.8) is 0 Å². The highest BCUT2D eigenvalue weighted by Crippen LogP contribution is 2.50. The van der Waals surface area contributed by atoms with Crippen molar-refractivity contribution in [1.29, 1.82) is 0 Å². The molecule has 0 unspecified atom stereocenters. The van der Waals surface area contributed by atoms with Crippen LogP contribution in [0.4, 0.5) is 13.2 Å². The molecular formula is C18H23F3O5S. The van der Waals surface area contributed by atoms with Gasteiger partial charge >= 0.3 is 15.6 Å². The van der Waals surface area contributed by atoms with Crippen LogP contribution < -0.4 is 0 Å². The Kier molecular flexibility index (Phi) is 5.60. The number of hydrogen-bond donors (Lipinski definition) is 0. The lowest BCUT2D eigenvalue weighted by Gasteiger charge is -2.26. The first kappa shape index (κ1) is 20.6. The second kappa shape index (κ2) is 7.35. The van der Waals surface area contributed by atoms with Crippen molar-refractivity contribution in [2.75, 3.05) is 6.61 Å². The maximum Gasteiger partial charge on any atom is 0.523 e. The number of alkyl halides is 3. The van der Waals surface area contributed by atoms with Crippen LogP contribution in [0.25, 0.3) is 0 Å². The first-order valence-electron chi connectivity index (χ1n) is 8.75. The normalized spacial score (nSPS) is 30.4. The van der Waals surface area contributed by atoms with Gasteiger partial charge < -0.3 is 9.47 Å². The lowest BCUT2D eigenvalue weighted by molar-refractivity contribution is -0.0740. The fourth-order valence-corrected chi connectivity index (χ4v) is 4.41. The van der Waals surface area contributed by atoms with E-state index in [1.165, 1.54) is 0 Å². The Hall–Kier alpha value is -1.16. The minimum Gasteiger partial charge on any atom is -0.370 e. The molecular weight excluding hydrogens is 385 g/mol. The first-order chi connectivity index (χ1) is 12.5. The highest BCUT2D eigenvalue weighted by molar-refractivity contribution is 7.87. The second-order valence-corrected chi connectivity index (χ2v) is 9.50. The molecule has 1 aliphatic carbocycles. The molecule has 0 radical (unpaired) electrons. The third kappa shape index (κ3) is 4.64.